The third-order valence-corrected chi connectivity index (χ3v) is 4.55. The summed E-state index contributed by atoms with van der Waals surface area (Å²) in [6, 6.07) is 13.7. The Balaban J connectivity index is 1.61. The van der Waals surface area contributed by atoms with Gasteiger partial charge in [0.1, 0.15) is 0 Å². The molecule has 1 unspecified atom stereocenters. The second-order valence-corrected chi connectivity index (χ2v) is 6.98. The molecule has 6 nitrogen and oxygen atoms in total. The van der Waals surface area contributed by atoms with Crippen LogP contribution in [0.2, 0.25) is 0 Å². The fraction of sp³-hybridized carbons (Fsp3) is 0.381. The fourth-order valence-corrected chi connectivity index (χ4v) is 3.31. The summed E-state index contributed by atoms with van der Waals surface area (Å²) in [7, 11) is 0. The number of ether oxygens (including phenoxy) is 1. The van der Waals surface area contributed by atoms with Crippen LogP contribution in [-0.4, -0.2) is 37.0 Å². The Hall–Kier alpha value is -2.89. The lowest BCUT2D eigenvalue weighted by molar-refractivity contribution is -0.147. The lowest BCUT2D eigenvalue weighted by Gasteiger charge is -2.19. The van der Waals surface area contributed by atoms with Crippen LogP contribution in [0.25, 0.3) is 10.8 Å². The minimum Gasteiger partial charge on any atom is -0.463 e. The van der Waals surface area contributed by atoms with Crippen molar-refractivity contribution in [2.75, 3.05) is 18.0 Å². The molecule has 1 saturated heterocycles. The number of benzene rings is 2. The Labute approximate surface area is 158 Å². The highest BCUT2D eigenvalue weighted by atomic mass is 16.5. The minimum absolute atomic E-state index is 0.0641. The third kappa shape index (κ3) is 4.45. The van der Waals surface area contributed by atoms with E-state index in [1.165, 1.54) is 0 Å². The quantitative estimate of drug-likeness (QED) is 0.796. The summed E-state index contributed by atoms with van der Waals surface area (Å²) in [5.74, 6) is -1.03. The Bertz CT molecular complexity index is 857. The smallest absolute Gasteiger partial charge is 0.307 e. The molecule has 1 aliphatic heterocycles. The Kier molecular flexibility index (Phi) is 5.74. The minimum atomic E-state index is -0.419. The fourth-order valence-electron chi connectivity index (χ4n) is 3.31. The number of fused-ring (bicyclic) bond motifs is 1. The van der Waals surface area contributed by atoms with Crippen LogP contribution < -0.4 is 10.2 Å². The van der Waals surface area contributed by atoms with E-state index in [4.69, 9.17) is 4.74 Å². The average Bonchev–Trinajstić information content (AvgIpc) is 3.02. The van der Waals surface area contributed by atoms with E-state index in [-0.39, 0.29) is 43.3 Å². The zero-order chi connectivity index (χ0) is 19.4. The number of nitrogens with one attached hydrogen (secondary N) is 1. The van der Waals surface area contributed by atoms with Gasteiger partial charge in [0, 0.05) is 24.9 Å². The molecule has 1 heterocycles. The molecule has 0 aromatic heterocycles. The van der Waals surface area contributed by atoms with E-state index < -0.39 is 5.92 Å². The molecule has 1 fully saturated rings. The molecule has 0 saturated carbocycles. The van der Waals surface area contributed by atoms with Crippen molar-refractivity contribution < 1.29 is 19.1 Å². The number of esters is 1. The molecule has 2 aromatic carbocycles. The predicted molar refractivity (Wildman–Crippen MR) is 103 cm³/mol. The van der Waals surface area contributed by atoms with Gasteiger partial charge in [-0.2, -0.15) is 0 Å². The molecule has 1 aliphatic rings. The molecule has 1 atom stereocenters. The normalized spacial score (nSPS) is 16.8. The molecule has 2 aromatic rings. The summed E-state index contributed by atoms with van der Waals surface area (Å²) in [5.41, 5.74) is 0.828. The maximum absolute atomic E-state index is 12.5. The number of amides is 2. The molecule has 0 spiro atoms. The Morgan fingerprint density at radius 2 is 1.93 bits per heavy atom. The molecule has 142 valence electrons. The van der Waals surface area contributed by atoms with Crippen molar-refractivity contribution in [2.24, 2.45) is 5.92 Å². The first-order chi connectivity index (χ1) is 13.0. The van der Waals surface area contributed by atoms with Crippen LogP contribution in [0.1, 0.15) is 26.7 Å². The van der Waals surface area contributed by atoms with E-state index in [9.17, 15) is 14.4 Å². The second kappa shape index (κ2) is 8.20. The number of carbonyl (C=O) groups excluding carboxylic acids is 3. The number of rotatable bonds is 6. The van der Waals surface area contributed by atoms with E-state index in [1.807, 2.05) is 42.5 Å². The topological polar surface area (TPSA) is 75.7 Å². The average molecular weight is 368 g/mol. The molecule has 0 bridgehead atoms. The standard InChI is InChI=1S/C21H24N2O4/c1-14(2)27-20(25)10-11-22-21(26)16-12-19(24)23(13-16)18-9-5-7-15-6-3-4-8-17(15)18/h3-9,14,16H,10-13H2,1-2H3,(H,22,26). The van der Waals surface area contributed by atoms with Crippen molar-refractivity contribution in [2.45, 2.75) is 32.8 Å². The van der Waals surface area contributed by atoms with E-state index in [0.29, 0.717) is 6.54 Å². The maximum Gasteiger partial charge on any atom is 0.307 e. The summed E-state index contributed by atoms with van der Waals surface area (Å²) in [4.78, 5) is 38.1. The zero-order valence-corrected chi connectivity index (χ0v) is 15.6. The van der Waals surface area contributed by atoms with Gasteiger partial charge in [0.15, 0.2) is 0 Å². The number of carbonyl (C=O) groups is 3. The predicted octanol–water partition coefficient (Wildman–Crippen LogP) is 2.65. The van der Waals surface area contributed by atoms with Crippen molar-refractivity contribution >= 4 is 34.2 Å². The van der Waals surface area contributed by atoms with Gasteiger partial charge in [-0.3, -0.25) is 14.4 Å². The van der Waals surface area contributed by atoms with Crippen LogP contribution in [0.3, 0.4) is 0 Å². The summed E-state index contributed by atoms with van der Waals surface area (Å²) >= 11 is 0. The SMILES string of the molecule is CC(C)OC(=O)CCNC(=O)C1CC(=O)N(c2cccc3ccccc23)C1. The van der Waals surface area contributed by atoms with Crippen LogP contribution in [-0.2, 0) is 19.1 Å². The first-order valence-electron chi connectivity index (χ1n) is 9.21. The van der Waals surface area contributed by atoms with Gasteiger partial charge in [-0.05, 0) is 25.3 Å². The highest BCUT2D eigenvalue weighted by Crippen LogP contribution is 2.31. The molecule has 1 N–H and O–H groups in total. The van der Waals surface area contributed by atoms with Crippen LogP contribution in [0.15, 0.2) is 42.5 Å². The van der Waals surface area contributed by atoms with Gasteiger partial charge < -0.3 is 15.0 Å². The van der Waals surface area contributed by atoms with Crippen LogP contribution in [0.5, 0.6) is 0 Å². The Morgan fingerprint density at radius 1 is 1.19 bits per heavy atom. The summed E-state index contributed by atoms with van der Waals surface area (Å²) in [5, 5.41) is 4.79. The van der Waals surface area contributed by atoms with Crippen molar-refractivity contribution in [3.63, 3.8) is 0 Å². The zero-order valence-electron chi connectivity index (χ0n) is 15.6. The number of nitrogens with zero attached hydrogens (tertiary/aromatic N) is 1. The van der Waals surface area contributed by atoms with E-state index in [1.54, 1.807) is 18.7 Å². The summed E-state index contributed by atoms with van der Waals surface area (Å²) in [6.07, 6.45) is 0.123. The lowest BCUT2D eigenvalue weighted by Crippen LogP contribution is -2.34. The van der Waals surface area contributed by atoms with Gasteiger partial charge in [-0.25, -0.2) is 0 Å². The number of anilines is 1. The first kappa shape index (κ1) is 18.9. The van der Waals surface area contributed by atoms with Gasteiger partial charge in [0.2, 0.25) is 11.8 Å². The molecule has 27 heavy (non-hydrogen) atoms. The van der Waals surface area contributed by atoms with Crippen molar-refractivity contribution in [1.82, 2.24) is 5.32 Å². The first-order valence-corrected chi connectivity index (χ1v) is 9.21. The maximum atomic E-state index is 12.5. The van der Waals surface area contributed by atoms with Gasteiger partial charge in [0.05, 0.1) is 24.1 Å². The van der Waals surface area contributed by atoms with E-state index >= 15 is 0 Å². The van der Waals surface area contributed by atoms with Crippen LogP contribution >= 0.6 is 0 Å². The molecule has 0 radical (unpaired) electrons. The molecule has 0 aliphatic carbocycles. The molecule has 2 amide bonds. The summed E-state index contributed by atoms with van der Waals surface area (Å²) in [6.45, 7) is 4.11. The van der Waals surface area contributed by atoms with Crippen LogP contribution in [0.4, 0.5) is 5.69 Å². The highest BCUT2D eigenvalue weighted by Gasteiger charge is 2.35. The Morgan fingerprint density at radius 3 is 2.70 bits per heavy atom. The van der Waals surface area contributed by atoms with Gasteiger partial charge >= 0.3 is 5.97 Å². The van der Waals surface area contributed by atoms with Crippen molar-refractivity contribution in [3.8, 4) is 0 Å². The van der Waals surface area contributed by atoms with Gasteiger partial charge in [-0.15, -0.1) is 0 Å². The monoisotopic (exact) mass is 368 g/mol. The van der Waals surface area contributed by atoms with E-state index in [0.717, 1.165) is 16.5 Å². The molecule has 3 rings (SSSR count). The summed E-state index contributed by atoms with van der Waals surface area (Å²) < 4.78 is 5.04. The van der Waals surface area contributed by atoms with Crippen LogP contribution in [0, 0.1) is 5.92 Å². The molecular weight excluding hydrogens is 344 g/mol. The molecule has 6 heteroatoms. The van der Waals surface area contributed by atoms with Gasteiger partial charge in [0.25, 0.3) is 0 Å². The number of hydrogen-bond acceptors (Lipinski definition) is 4. The highest BCUT2D eigenvalue weighted by molar-refractivity contribution is 6.07. The lowest BCUT2D eigenvalue weighted by atomic mass is 10.1. The third-order valence-electron chi connectivity index (χ3n) is 4.55. The molecular formula is C21H24N2O4. The van der Waals surface area contributed by atoms with Gasteiger partial charge in [-0.1, -0.05) is 36.4 Å². The number of hydrogen-bond donors (Lipinski definition) is 1. The van der Waals surface area contributed by atoms with Crippen molar-refractivity contribution in [3.05, 3.63) is 42.5 Å². The largest absolute Gasteiger partial charge is 0.463 e. The van der Waals surface area contributed by atoms with E-state index in [2.05, 4.69) is 5.32 Å². The van der Waals surface area contributed by atoms with Crippen molar-refractivity contribution in [1.29, 1.82) is 0 Å². The second-order valence-electron chi connectivity index (χ2n) is 6.98.